The van der Waals surface area contributed by atoms with Crippen molar-refractivity contribution in [3.63, 3.8) is 0 Å². The number of amides is 2. The second-order valence-corrected chi connectivity index (χ2v) is 24.2. The van der Waals surface area contributed by atoms with Gasteiger partial charge in [0.15, 0.2) is 0 Å². The smallest absolute Gasteiger partial charge is 0.222 e. The minimum Gasteiger partial charge on any atom is -0.355 e. The molecule has 3 aromatic heterocycles. The fraction of sp³-hybridized carbons (Fsp3) is 0.676. The fourth-order valence-corrected chi connectivity index (χ4v) is 12.7. The van der Waals surface area contributed by atoms with Gasteiger partial charge >= 0.3 is 0 Å². The van der Waals surface area contributed by atoms with Gasteiger partial charge in [0.1, 0.15) is 0 Å². The average molecular weight is 1130 g/mol. The number of aromatic nitrogens is 4. The maximum atomic E-state index is 14.2. The SMILES string of the molecule is CCNCCCCNCC1CC1CNCCCCN(CC)C(=O)CCC1=C(C)c2cc3[nH]c(cc4nc(cc5[nH]c(cc1n2)c(CCC(=O)N(CC)CCCCNCC1CC1CNCCCCNCC)c5C)C(C)=C4CC)c(C)c3CC. The molecule has 8 N–H and O–H groups in total. The third-order valence-corrected chi connectivity index (χ3v) is 18.4. The molecule has 0 saturated heterocycles. The molecule has 2 aliphatic carbocycles. The van der Waals surface area contributed by atoms with E-state index < -0.39 is 0 Å². The number of fused-ring (bicyclic) bond motifs is 8. The lowest BCUT2D eigenvalue weighted by atomic mass is 9.99. The molecule has 2 saturated carbocycles. The lowest BCUT2D eigenvalue weighted by Crippen LogP contribution is -2.32. The van der Waals surface area contributed by atoms with Crippen molar-refractivity contribution in [2.24, 2.45) is 23.7 Å². The molecule has 4 atom stereocenters. The predicted molar refractivity (Wildman–Crippen MR) is 346 cm³/mol. The molecule has 2 fully saturated rings. The van der Waals surface area contributed by atoms with Crippen LogP contribution in [0.15, 0.2) is 24.3 Å². The zero-order valence-electron chi connectivity index (χ0n) is 52.9. The van der Waals surface area contributed by atoms with E-state index in [4.69, 9.17) is 9.97 Å². The molecule has 0 aromatic carbocycles. The minimum absolute atomic E-state index is 0.193. The van der Waals surface area contributed by atoms with Gasteiger partial charge in [-0.2, -0.15) is 0 Å². The van der Waals surface area contributed by atoms with Crippen molar-refractivity contribution < 1.29 is 9.59 Å². The second kappa shape index (κ2) is 33.7. The first kappa shape index (κ1) is 64.9. The standard InChI is InChI=1S/C68H110N12O2/c1-11-55-47(7)59-39-60-49(9)57(25-27-67(81)79(15-5)35-23-21-33-73-45-53-37-51(53)43-71-31-19-17-29-69-13-3)65(77-60)42-66-58(50(10)62(78-66)41-64-56(12-2)48(8)61(76-64)40-63(55)75-59)26-28-68(82)80(16-6)36-24-22-34-74-46-54-38-52(54)44-72-32-20-18-30-70-14-4/h39-42,51-54,69-74,76-77H,11-38,43-46H2,1-10H3. The minimum atomic E-state index is 0.193. The van der Waals surface area contributed by atoms with Gasteiger partial charge in [0.05, 0.1) is 22.8 Å². The van der Waals surface area contributed by atoms with Crippen LogP contribution < -0.4 is 31.9 Å². The number of unbranched alkanes of at least 4 members (excludes halogenated alkanes) is 4. The molecule has 7 rings (SSSR count). The summed E-state index contributed by atoms with van der Waals surface area (Å²) in [6, 6.07) is 8.85. The van der Waals surface area contributed by atoms with Crippen LogP contribution in [0.25, 0.3) is 44.4 Å². The summed E-state index contributed by atoms with van der Waals surface area (Å²) in [6.07, 6.45) is 15.5. The number of aryl methyl sites for hydroxylation is 4. The van der Waals surface area contributed by atoms with E-state index in [0.717, 1.165) is 221 Å². The third-order valence-electron chi connectivity index (χ3n) is 18.4. The van der Waals surface area contributed by atoms with E-state index in [1.54, 1.807) is 0 Å². The Morgan fingerprint density at radius 2 is 0.841 bits per heavy atom. The highest BCUT2D eigenvalue weighted by Crippen LogP contribution is 2.39. The van der Waals surface area contributed by atoms with E-state index in [2.05, 4.69) is 140 Å². The van der Waals surface area contributed by atoms with Crippen molar-refractivity contribution in [1.29, 1.82) is 0 Å². The van der Waals surface area contributed by atoms with Gasteiger partial charge < -0.3 is 51.7 Å². The predicted octanol–water partition coefficient (Wildman–Crippen LogP) is 11.1. The quantitative estimate of drug-likeness (QED) is 0.0257. The Balaban J connectivity index is 1.01. The molecule has 4 aliphatic rings. The van der Waals surface area contributed by atoms with Crippen LogP contribution in [0.3, 0.4) is 0 Å². The molecule has 82 heavy (non-hydrogen) atoms. The molecular formula is C68H110N12O2. The molecule has 3 aromatic rings. The molecule has 0 radical (unpaired) electrons. The lowest BCUT2D eigenvalue weighted by molar-refractivity contribution is -0.131. The fourth-order valence-electron chi connectivity index (χ4n) is 12.7. The number of nitrogens with one attached hydrogen (secondary N) is 8. The number of allylic oxidation sites excluding steroid dienone is 4. The number of nitrogens with zero attached hydrogens (tertiary/aromatic N) is 4. The molecule has 14 nitrogen and oxygen atoms in total. The van der Waals surface area contributed by atoms with E-state index in [-0.39, 0.29) is 11.8 Å². The highest BCUT2D eigenvalue weighted by atomic mass is 16.2. The number of carbonyl (C=O) groups excluding carboxylic acids is 2. The van der Waals surface area contributed by atoms with Crippen molar-refractivity contribution in [2.45, 2.75) is 172 Å². The van der Waals surface area contributed by atoms with E-state index in [1.165, 1.54) is 60.8 Å². The highest BCUT2D eigenvalue weighted by molar-refractivity contribution is 5.95. The summed E-state index contributed by atoms with van der Waals surface area (Å²) < 4.78 is 0. The summed E-state index contributed by atoms with van der Waals surface area (Å²) in [6.45, 7) is 37.7. The summed E-state index contributed by atoms with van der Waals surface area (Å²) >= 11 is 0. The molecular weight excluding hydrogens is 1020 g/mol. The van der Waals surface area contributed by atoms with Crippen LogP contribution in [0.4, 0.5) is 0 Å². The zero-order valence-corrected chi connectivity index (χ0v) is 52.9. The van der Waals surface area contributed by atoms with Crippen molar-refractivity contribution in [1.82, 2.24) is 61.6 Å². The average Bonchev–Trinajstić information content (AvgIpc) is 4.49. The number of aromatic amines is 2. The first-order chi connectivity index (χ1) is 39.9. The van der Waals surface area contributed by atoms with E-state index in [9.17, 15) is 9.59 Å². The van der Waals surface area contributed by atoms with Crippen LogP contribution in [0.2, 0.25) is 0 Å². The Hall–Kier alpha value is -4.70. The van der Waals surface area contributed by atoms with Gasteiger partial charge in [-0.3, -0.25) is 9.59 Å². The third kappa shape index (κ3) is 18.6. The van der Waals surface area contributed by atoms with Crippen LogP contribution in [0, 0.1) is 37.5 Å². The number of H-pyrrole nitrogens is 2. The summed E-state index contributed by atoms with van der Waals surface area (Å²) in [4.78, 5) is 50.8. The maximum absolute atomic E-state index is 14.2. The second-order valence-electron chi connectivity index (χ2n) is 24.2. The van der Waals surface area contributed by atoms with Gasteiger partial charge in [0, 0.05) is 61.1 Å². The molecule has 2 amide bonds. The Bertz CT molecular complexity index is 2750. The summed E-state index contributed by atoms with van der Waals surface area (Å²) in [5.41, 5.74) is 17.2. The molecule has 8 bridgehead atoms. The number of carbonyl (C=O) groups is 2. The summed E-state index contributed by atoms with van der Waals surface area (Å²) in [5.74, 6) is 3.59. The van der Waals surface area contributed by atoms with Crippen LogP contribution in [0.5, 0.6) is 0 Å². The Kier molecular flexibility index (Phi) is 26.7. The van der Waals surface area contributed by atoms with Gasteiger partial charge in [-0.05, 0) is 302 Å². The molecule has 4 unspecified atom stereocenters. The highest BCUT2D eigenvalue weighted by Gasteiger charge is 2.36. The van der Waals surface area contributed by atoms with Gasteiger partial charge in [0.2, 0.25) is 11.8 Å². The van der Waals surface area contributed by atoms with Gasteiger partial charge in [0.25, 0.3) is 0 Å². The van der Waals surface area contributed by atoms with E-state index in [0.29, 0.717) is 38.8 Å². The zero-order chi connectivity index (χ0) is 58.4. The number of hydrogen-bond acceptors (Lipinski definition) is 10. The van der Waals surface area contributed by atoms with E-state index in [1.807, 2.05) is 4.90 Å². The lowest BCUT2D eigenvalue weighted by Gasteiger charge is -2.21. The maximum Gasteiger partial charge on any atom is 0.222 e. The Labute approximate surface area is 494 Å². The van der Waals surface area contributed by atoms with E-state index >= 15 is 0 Å². The van der Waals surface area contributed by atoms with Gasteiger partial charge in [-0.25, -0.2) is 9.97 Å². The Morgan fingerprint density at radius 1 is 0.463 bits per heavy atom. The van der Waals surface area contributed by atoms with Crippen LogP contribution in [-0.4, -0.2) is 146 Å². The molecule has 14 heteroatoms. The first-order valence-electron chi connectivity index (χ1n) is 32.9. The van der Waals surface area contributed by atoms with Crippen molar-refractivity contribution >= 4 is 56.2 Å². The monoisotopic (exact) mass is 1130 g/mol. The van der Waals surface area contributed by atoms with Crippen molar-refractivity contribution in [3.05, 3.63) is 69.3 Å². The number of rotatable bonds is 40. The first-order valence-corrected chi connectivity index (χ1v) is 32.9. The van der Waals surface area contributed by atoms with Crippen molar-refractivity contribution in [3.8, 4) is 0 Å². The number of hydrogen-bond donors (Lipinski definition) is 8. The topological polar surface area (TPSA) is 170 Å². The molecule has 454 valence electrons. The van der Waals surface area contributed by atoms with Gasteiger partial charge in [-0.15, -0.1) is 0 Å². The van der Waals surface area contributed by atoms with Gasteiger partial charge in [-0.1, -0.05) is 27.7 Å². The largest absolute Gasteiger partial charge is 0.355 e. The van der Waals surface area contributed by atoms with Crippen LogP contribution in [-0.2, 0) is 22.4 Å². The van der Waals surface area contributed by atoms with Crippen molar-refractivity contribution in [2.75, 3.05) is 105 Å². The summed E-state index contributed by atoms with van der Waals surface area (Å²) in [7, 11) is 0. The molecule has 2 aliphatic heterocycles. The molecule has 5 heterocycles. The van der Waals surface area contributed by atoms with Crippen LogP contribution in [0.1, 0.15) is 190 Å². The molecule has 0 spiro atoms. The normalized spacial score (nSPS) is 17.6. The Morgan fingerprint density at radius 3 is 1.29 bits per heavy atom. The summed E-state index contributed by atoms with van der Waals surface area (Å²) in [5, 5.41) is 21.6. The van der Waals surface area contributed by atoms with Crippen LogP contribution >= 0.6 is 0 Å².